The van der Waals surface area contributed by atoms with Gasteiger partial charge in [-0.2, -0.15) is 0 Å². The Morgan fingerprint density at radius 1 is 1.60 bits per heavy atom. The molecule has 1 aliphatic rings. The van der Waals surface area contributed by atoms with Crippen LogP contribution in [0, 0.1) is 0 Å². The van der Waals surface area contributed by atoms with E-state index in [4.69, 9.17) is 4.74 Å². The molecule has 1 fully saturated rings. The monoisotopic (exact) mass is 236 g/mol. The first-order valence-electron chi connectivity index (χ1n) is 5.23. The highest BCUT2D eigenvalue weighted by atomic mass is 35.5. The van der Waals surface area contributed by atoms with Gasteiger partial charge in [0, 0.05) is 33.2 Å². The number of halogens is 1. The number of piperidine rings is 1. The molecule has 0 saturated carbocycles. The van der Waals surface area contributed by atoms with Gasteiger partial charge in [0.25, 0.3) is 0 Å². The minimum atomic E-state index is 0. The van der Waals surface area contributed by atoms with E-state index in [2.05, 4.69) is 5.32 Å². The summed E-state index contributed by atoms with van der Waals surface area (Å²) in [6, 6.07) is 0. The summed E-state index contributed by atoms with van der Waals surface area (Å²) in [7, 11) is 3.58. The standard InChI is InChI=1S/C10H20N2O2.ClH/c1-11-6-5-10(13)12-7-3-4-9(8-12)14-2;/h9,11H,3-8H2,1-2H3;1H. The van der Waals surface area contributed by atoms with E-state index in [1.165, 1.54) is 0 Å². The molecule has 1 atom stereocenters. The Morgan fingerprint density at radius 3 is 2.93 bits per heavy atom. The van der Waals surface area contributed by atoms with Crippen LogP contribution in [0.25, 0.3) is 0 Å². The number of nitrogens with zero attached hydrogens (tertiary/aromatic N) is 1. The molecule has 1 aliphatic heterocycles. The average Bonchev–Trinajstić information content (AvgIpc) is 2.26. The number of hydrogen-bond acceptors (Lipinski definition) is 3. The van der Waals surface area contributed by atoms with Crippen molar-refractivity contribution in [1.29, 1.82) is 0 Å². The molecule has 1 unspecified atom stereocenters. The number of nitrogens with one attached hydrogen (secondary N) is 1. The van der Waals surface area contributed by atoms with Gasteiger partial charge in [-0.3, -0.25) is 4.79 Å². The van der Waals surface area contributed by atoms with Gasteiger partial charge in [0.1, 0.15) is 0 Å². The van der Waals surface area contributed by atoms with Crippen molar-refractivity contribution in [1.82, 2.24) is 10.2 Å². The molecule has 5 heteroatoms. The summed E-state index contributed by atoms with van der Waals surface area (Å²) in [6.45, 7) is 2.41. The van der Waals surface area contributed by atoms with Gasteiger partial charge in [-0.05, 0) is 19.9 Å². The van der Waals surface area contributed by atoms with Crippen LogP contribution in [0.1, 0.15) is 19.3 Å². The van der Waals surface area contributed by atoms with Gasteiger partial charge in [0.15, 0.2) is 0 Å². The number of ether oxygens (including phenoxy) is 1. The molecule has 0 aromatic heterocycles. The van der Waals surface area contributed by atoms with Crippen LogP contribution in [0.15, 0.2) is 0 Å². The smallest absolute Gasteiger partial charge is 0.223 e. The van der Waals surface area contributed by atoms with E-state index in [0.29, 0.717) is 6.42 Å². The fourth-order valence-corrected chi connectivity index (χ4v) is 1.75. The second-order valence-electron chi connectivity index (χ2n) is 3.69. The molecule has 0 bridgehead atoms. The van der Waals surface area contributed by atoms with E-state index >= 15 is 0 Å². The Hall–Kier alpha value is -0.320. The average molecular weight is 237 g/mol. The van der Waals surface area contributed by atoms with E-state index in [-0.39, 0.29) is 24.4 Å². The maximum atomic E-state index is 11.6. The second kappa shape index (κ2) is 7.91. The van der Waals surface area contributed by atoms with E-state index in [0.717, 1.165) is 32.5 Å². The minimum absolute atomic E-state index is 0. The topological polar surface area (TPSA) is 41.6 Å². The summed E-state index contributed by atoms with van der Waals surface area (Å²) in [6.07, 6.45) is 2.96. The van der Waals surface area contributed by atoms with Gasteiger partial charge in [-0.15, -0.1) is 12.4 Å². The first kappa shape index (κ1) is 14.7. The van der Waals surface area contributed by atoms with E-state index in [9.17, 15) is 4.79 Å². The van der Waals surface area contributed by atoms with Crippen LogP contribution in [0.3, 0.4) is 0 Å². The van der Waals surface area contributed by atoms with Crippen molar-refractivity contribution in [2.45, 2.75) is 25.4 Å². The lowest BCUT2D eigenvalue weighted by molar-refractivity contribution is -0.134. The van der Waals surface area contributed by atoms with Crippen molar-refractivity contribution in [3.63, 3.8) is 0 Å². The van der Waals surface area contributed by atoms with E-state index in [1.807, 2.05) is 11.9 Å². The Morgan fingerprint density at radius 2 is 2.33 bits per heavy atom. The number of amides is 1. The van der Waals surface area contributed by atoms with E-state index < -0.39 is 0 Å². The molecule has 0 aromatic rings. The van der Waals surface area contributed by atoms with Crippen molar-refractivity contribution in [3.8, 4) is 0 Å². The summed E-state index contributed by atoms with van der Waals surface area (Å²) < 4.78 is 5.27. The molecule has 15 heavy (non-hydrogen) atoms. The molecule has 1 heterocycles. The molecule has 1 saturated heterocycles. The number of carbonyl (C=O) groups is 1. The van der Waals surface area contributed by atoms with Crippen LogP contribution in [-0.2, 0) is 9.53 Å². The summed E-state index contributed by atoms with van der Waals surface area (Å²) in [4.78, 5) is 13.6. The lowest BCUT2D eigenvalue weighted by atomic mass is 10.1. The Labute approximate surface area is 97.8 Å². The van der Waals surface area contributed by atoms with Gasteiger partial charge in [0.2, 0.25) is 5.91 Å². The van der Waals surface area contributed by atoms with Gasteiger partial charge in [-0.25, -0.2) is 0 Å². The maximum absolute atomic E-state index is 11.6. The highest BCUT2D eigenvalue weighted by molar-refractivity contribution is 5.85. The first-order valence-corrected chi connectivity index (χ1v) is 5.23. The van der Waals surface area contributed by atoms with Crippen LogP contribution < -0.4 is 5.32 Å². The molecule has 1 rings (SSSR count). The van der Waals surface area contributed by atoms with Crippen LogP contribution in [0.4, 0.5) is 0 Å². The molecule has 90 valence electrons. The third-order valence-electron chi connectivity index (χ3n) is 2.65. The van der Waals surface area contributed by atoms with Crippen LogP contribution in [0.2, 0.25) is 0 Å². The summed E-state index contributed by atoms with van der Waals surface area (Å²) in [5, 5.41) is 2.98. The Balaban J connectivity index is 0.00000196. The predicted molar refractivity (Wildman–Crippen MR) is 62.4 cm³/mol. The largest absolute Gasteiger partial charge is 0.380 e. The van der Waals surface area contributed by atoms with Crippen LogP contribution in [-0.4, -0.2) is 50.7 Å². The molecular weight excluding hydrogens is 216 g/mol. The van der Waals surface area contributed by atoms with Gasteiger partial charge in [0.05, 0.1) is 6.10 Å². The van der Waals surface area contributed by atoms with Crippen LogP contribution in [0.5, 0.6) is 0 Å². The van der Waals surface area contributed by atoms with Crippen molar-refractivity contribution < 1.29 is 9.53 Å². The lowest BCUT2D eigenvalue weighted by Gasteiger charge is -2.32. The molecule has 1 amide bonds. The summed E-state index contributed by atoms with van der Waals surface area (Å²) in [5.74, 6) is 0.237. The second-order valence-corrected chi connectivity index (χ2v) is 3.69. The zero-order valence-corrected chi connectivity index (χ0v) is 10.3. The number of carbonyl (C=O) groups excluding carboxylic acids is 1. The molecule has 0 spiro atoms. The Kier molecular flexibility index (Phi) is 7.74. The minimum Gasteiger partial charge on any atom is -0.380 e. The molecule has 0 radical (unpaired) electrons. The lowest BCUT2D eigenvalue weighted by Crippen LogP contribution is -2.43. The fourth-order valence-electron chi connectivity index (χ4n) is 1.75. The number of likely N-dealkylation sites (tertiary alicyclic amines) is 1. The predicted octanol–water partition coefficient (Wildman–Crippen LogP) is 0.655. The quantitative estimate of drug-likeness (QED) is 0.780. The molecule has 1 N–H and O–H groups in total. The van der Waals surface area contributed by atoms with Crippen molar-refractivity contribution >= 4 is 18.3 Å². The summed E-state index contributed by atoms with van der Waals surface area (Å²) in [5.41, 5.74) is 0. The molecule has 0 aliphatic carbocycles. The molecule has 0 aromatic carbocycles. The van der Waals surface area contributed by atoms with Crippen molar-refractivity contribution in [2.24, 2.45) is 0 Å². The number of hydrogen-bond donors (Lipinski definition) is 1. The molecule has 4 nitrogen and oxygen atoms in total. The third kappa shape index (κ3) is 4.82. The third-order valence-corrected chi connectivity index (χ3v) is 2.65. The van der Waals surface area contributed by atoms with Gasteiger partial charge >= 0.3 is 0 Å². The normalized spacial score (nSPS) is 20.9. The SMILES string of the molecule is CNCCC(=O)N1CCCC(OC)C1.Cl. The first-order chi connectivity index (χ1) is 6.77. The zero-order chi connectivity index (χ0) is 10.4. The number of rotatable bonds is 4. The van der Waals surface area contributed by atoms with Crippen LogP contribution >= 0.6 is 12.4 Å². The highest BCUT2D eigenvalue weighted by Gasteiger charge is 2.22. The molecular formula is C10H21ClN2O2. The number of methoxy groups -OCH3 is 1. The highest BCUT2D eigenvalue weighted by Crippen LogP contribution is 2.13. The fraction of sp³-hybridized carbons (Fsp3) is 0.900. The Bertz CT molecular complexity index is 190. The summed E-state index contributed by atoms with van der Waals surface area (Å²) >= 11 is 0. The van der Waals surface area contributed by atoms with Gasteiger partial charge < -0.3 is 15.0 Å². The van der Waals surface area contributed by atoms with Gasteiger partial charge in [-0.1, -0.05) is 0 Å². The van der Waals surface area contributed by atoms with Crippen molar-refractivity contribution in [3.05, 3.63) is 0 Å². The van der Waals surface area contributed by atoms with Crippen molar-refractivity contribution in [2.75, 3.05) is 33.8 Å². The van der Waals surface area contributed by atoms with E-state index in [1.54, 1.807) is 7.11 Å². The maximum Gasteiger partial charge on any atom is 0.223 e. The zero-order valence-electron chi connectivity index (χ0n) is 9.49.